The summed E-state index contributed by atoms with van der Waals surface area (Å²) in [4.78, 5) is 21.3. The van der Waals surface area contributed by atoms with Crippen LogP contribution in [0.25, 0.3) is 0 Å². The summed E-state index contributed by atoms with van der Waals surface area (Å²) < 4.78 is 0. The molecule has 4 nitrogen and oxygen atoms in total. The van der Waals surface area contributed by atoms with Crippen LogP contribution in [0.15, 0.2) is 0 Å². The maximum absolute atomic E-state index is 10.9. The highest BCUT2D eigenvalue weighted by molar-refractivity contribution is 5.85. The van der Waals surface area contributed by atoms with E-state index in [-0.39, 0.29) is 24.8 Å². The van der Waals surface area contributed by atoms with Crippen LogP contribution >= 0.6 is 24.8 Å². The van der Waals surface area contributed by atoms with E-state index in [0.717, 1.165) is 19.3 Å². The second-order valence-electron chi connectivity index (χ2n) is 8.48. The van der Waals surface area contributed by atoms with Crippen LogP contribution in [0, 0.1) is 11.8 Å². The molecule has 0 spiro atoms. The Balaban J connectivity index is -0.00000338. The largest absolute Gasteiger partial charge is 0.481 e. The van der Waals surface area contributed by atoms with Crippen LogP contribution in [-0.4, -0.2) is 22.2 Å². The molecule has 0 aliphatic rings. The van der Waals surface area contributed by atoms with Crippen LogP contribution in [0.3, 0.4) is 0 Å². The first kappa shape index (κ1) is 33.2. The van der Waals surface area contributed by atoms with Gasteiger partial charge in [-0.2, -0.15) is 0 Å². The number of aliphatic carboxylic acids is 2. The fraction of sp³-hybridized carbons (Fsp3) is 0.913. The molecule has 0 aromatic rings. The predicted octanol–water partition coefficient (Wildman–Crippen LogP) is 7.90. The summed E-state index contributed by atoms with van der Waals surface area (Å²) in [5.74, 6) is -0.537. The lowest BCUT2D eigenvalue weighted by Gasteiger charge is -2.18. The van der Waals surface area contributed by atoms with E-state index in [4.69, 9.17) is 10.2 Å². The Morgan fingerprint density at radius 2 is 0.931 bits per heavy atom. The Bertz CT molecular complexity index is 376. The van der Waals surface area contributed by atoms with Crippen LogP contribution in [0.5, 0.6) is 0 Å². The smallest absolute Gasteiger partial charge is 0.303 e. The van der Waals surface area contributed by atoms with Crippen LogP contribution in [0.1, 0.15) is 123 Å². The molecule has 0 aliphatic carbocycles. The molecule has 0 saturated carbocycles. The molecule has 0 aliphatic heterocycles. The van der Waals surface area contributed by atoms with Gasteiger partial charge in [0.1, 0.15) is 0 Å². The van der Waals surface area contributed by atoms with E-state index in [0.29, 0.717) is 24.7 Å². The molecule has 0 saturated heterocycles. The number of halogens is 2. The van der Waals surface area contributed by atoms with Gasteiger partial charge in [-0.15, -0.1) is 24.8 Å². The average Bonchev–Trinajstić information content (AvgIpc) is 2.59. The zero-order valence-electron chi connectivity index (χ0n) is 18.7. The van der Waals surface area contributed by atoms with Gasteiger partial charge in [-0.05, 0) is 24.7 Å². The molecule has 0 amide bonds. The van der Waals surface area contributed by atoms with Crippen molar-refractivity contribution in [3.63, 3.8) is 0 Å². The van der Waals surface area contributed by atoms with Crippen molar-refractivity contribution in [2.24, 2.45) is 11.8 Å². The van der Waals surface area contributed by atoms with Crippen LogP contribution in [-0.2, 0) is 9.59 Å². The highest BCUT2D eigenvalue weighted by atomic mass is 35.5. The maximum Gasteiger partial charge on any atom is 0.303 e. The van der Waals surface area contributed by atoms with E-state index < -0.39 is 11.9 Å². The summed E-state index contributed by atoms with van der Waals surface area (Å²) in [5, 5.41) is 17.5. The monoisotopic (exact) mass is 456 g/mol. The van der Waals surface area contributed by atoms with Gasteiger partial charge in [0, 0.05) is 12.8 Å². The van der Waals surface area contributed by atoms with Gasteiger partial charge in [0.05, 0.1) is 0 Å². The molecule has 0 radical (unpaired) electrons. The molecular formula is C23H46Cl2O4. The molecule has 2 N–H and O–H groups in total. The van der Waals surface area contributed by atoms with Gasteiger partial charge in [-0.3, -0.25) is 9.59 Å². The fourth-order valence-corrected chi connectivity index (χ4v) is 3.70. The third-order valence-corrected chi connectivity index (χ3v) is 5.60. The van der Waals surface area contributed by atoms with Crippen molar-refractivity contribution in [2.75, 3.05) is 0 Å². The number of hydrogen-bond acceptors (Lipinski definition) is 2. The first-order chi connectivity index (χ1) is 12.9. The number of unbranched alkanes of at least 4 members (excludes halogenated alkanes) is 13. The van der Waals surface area contributed by atoms with E-state index >= 15 is 0 Å². The number of hydrogen-bond donors (Lipinski definition) is 2. The molecule has 0 heterocycles. The molecular weight excluding hydrogens is 411 g/mol. The second-order valence-corrected chi connectivity index (χ2v) is 8.48. The Morgan fingerprint density at radius 3 is 1.24 bits per heavy atom. The zero-order chi connectivity index (χ0) is 20.3. The first-order valence-electron chi connectivity index (χ1n) is 11.4. The van der Waals surface area contributed by atoms with E-state index in [9.17, 15) is 9.59 Å². The van der Waals surface area contributed by atoms with Gasteiger partial charge in [0.25, 0.3) is 0 Å². The molecule has 1 unspecified atom stereocenters. The van der Waals surface area contributed by atoms with Crippen LogP contribution in [0.4, 0.5) is 0 Å². The minimum absolute atomic E-state index is 0. The third kappa shape index (κ3) is 25.5. The number of carboxylic acids is 2. The summed E-state index contributed by atoms with van der Waals surface area (Å²) in [5.41, 5.74) is 0. The summed E-state index contributed by atoms with van der Waals surface area (Å²) >= 11 is 0. The second kappa shape index (κ2) is 23.8. The lowest BCUT2D eigenvalue weighted by Crippen LogP contribution is -2.13. The van der Waals surface area contributed by atoms with Gasteiger partial charge in [0.2, 0.25) is 0 Å². The third-order valence-electron chi connectivity index (χ3n) is 5.60. The Morgan fingerprint density at radius 1 is 0.586 bits per heavy atom. The van der Waals surface area contributed by atoms with Crippen LogP contribution < -0.4 is 0 Å². The Hall–Kier alpha value is -0.480. The van der Waals surface area contributed by atoms with E-state index in [1.165, 1.54) is 77.0 Å². The van der Waals surface area contributed by atoms with E-state index in [2.05, 4.69) is 13.8 Å². The van der Waals surface area contributed by atoms with Crippen molar-refractivity contribution in [2.45, 2.75) is 123 Å². The normalized spacial score (nSPS) is 11.6. The van der Waals surface area contributed by atoms with Crippen molar-refractivity contribution >= 4 is 36.8 Å². The first-order valence-corrected chi connectivity index (χ1v) is 11.4. The lowest BCUT2D eigenvalue weighted by molar-refractivity contribution is -0.139. The Labute approximate surface area is 191 Å². The summed E-state index contributed by atoms with van der Waals surface area (Å²) in [6, 6.07) is 0. The molecule has 0 aromatic carbocycles. The predicted molar refractivity (Wildman–Crippen MR) is 127 cm³/mol. The van der Waals surface area contributed by atoms with Gasteiger partial charge in [-0.25, -0.2) is 0 Å². The lowest BCUT2D eigenvalue weighted by atomic mass is 9.87. The van der Waals surface area contributed by atoms with E-state index in [1.807, 2.05) is 0 Å². The maximum atomic E-state index is 10.9. The summed E-state index contributed by atoms with van der Waals surface area (Å²) in [6.07, 6.45) is 19.0. The SMILES string of the molecule is CC(C)C(CCCCCCCCCCCCCCCCC(=O)O)CC(=O)O.Cl.Cl. The molecule has 0 bridgehead atoms. The van der Waals surface area contributed by atoms with Crippen molar-refractivity contribution in [1.82, 2.24) is 0 Å². The van der Waals surface area contributed by atoms with E-state index in [1.54, 1.807) is 0 Å². The quantitative estimate of drug-likeness (QED) is 0.182. The van der Waals surface area contributed by atoms with Crippen molar-refractivity contribution in [1.29, 1.82) is 0 Å². The number of carbonyl (C=O) groups is 2. The molecule has 29 heavy (non-hydrogen) atoms. The van der Waals surface area contributed by atoms with Gasteiger partial charge in [-0.1, -0.05) is 97.3 Å². The topological polar surface area (TPSA) is 74.6 Å². The fourth-order valence-electron chi connectivity index (χ4n) is 3.70. The molecule has 1 atom stereocenters. The number of rotatable bonds is 20. The van der Waals surface area contributed by atoms with Gasteiger partial charge in [0.15, 0.2) is 0 Å². The Kier molecular flexibility index (Phi) is 27.2. The van der Waals surface area contributed by atoms with Crippen molar-refractivity contribution in [3.05, 3.63) is 0 Å². The summed E-state index contributed by atoms with van der Waals surface area (Å²) in [7, 11) is 0. The number of carboxylic acid groups (broad SMARTS) is 2. The standard InChI is InChI=1S/C23H44O4.2ClH/c1-20(2)21(19-23(26)27)17-15-13-11-9-7-5-3-4-6-8-10-12-14-16-18-22(24)25;;/h20-21H,3-19H2,1-2H3,(H,24,25)(H,26,27);2*1H. The summed E-state index contributed by atoms with van der Waals surface area (Å²) in [6.45, 7) is 4.26. The molecule has 0 aromatic heterocycles. The van der Waals surface area contributed by atoms with Gasteiger partial charge >= 0.3 is 11.9 Å². The average molecular weight is 458 g/mol. The molecule has 176 valence electrons. The minimum atomic E-state index is -0.673. The molecule has 0 fully saturated rings. The zero-order valence-corrected chi connectivity index (χ0v) is 20.3. The highest BCUT2D eigenvalue weighted by Crippen LogP contribution is 2.23. The highest BCUT2D eigenvalue weighted by Gasteiger charge is 2.16. The molecule has 6 heteroatoms. The van der Waals surface area contributed by atoms with Crippen LogP contribution in [0.2, 0.25) is 0 Å². The van der Waals surface area contributed by atoms with Crippen molar-refractivity contribution in [3.8, 4) is 0 Å². The minimum Gasteiger partial charge on any atom is -0.481 e. The molecule has 0 rings (SSSR count). The van der Waals surface area contributed by atoms with Gasteiger partial charge < -0.3 is 10.2 Å². The van der Waals surface area contributed by atoms with Crippen molar-refractivity contribution < 1.29 is 19.8 Å².